The first-order valence-electron chi connectivity index (χ1n) is 11.8. The minimum Gasteiger partial charge on any atom is -0.358 e. The molecule has 2 heterocycles. The number of nitrogens with zero attached hydrogens (tertiary/aromatic N) is 3. The largest absolute Gasteiger partial charge is 0.358 e. The van der Waals surface area contributed by atoms with Crippen LogP contribution in [0.25, 0.3) is 10.9 Å². The van der Waals surface area contributed by atoms with Gasteiger partial charge in [-0.1, -0.05) is 32.0 Å². The van der Waals surface area contributed by atoms with E-state index in [1.54, 1.807) is 6.20 Å². The Morgan fingerprint density at radius 3 is 2.47 bits per heavy atom. The van der Waals surface area contributed by atoms with Crippen molar-refractivity contribution >= 4 is 34.8 Å². The van der Waals surface area contributed by atoms with E-state index in [4.69, 9.17) is 0 Å². The molecule has 7 heteroatoms. The number of hydrogen-bond donors (Lipinski definition) is 2. The predicted octanol–water partition coefficient (Wildman–Crippen LogP) is 5.49. The summed E-state index contributed by atoms with van der Waals surface area (Å²) < 4.78 is 3.33. The van der Waals surface area contributed by atoms with E-state index in [0.29, 0.717) is 12.0 Å². The van der Waals surface area contributed by atoms with Gasteiger partial charge in [0, 0.05) is 36.0 Å². The van der Waals surface area contributed by atoms with Gasteiger partial charge in [-0.25, -0.2) is 0 Å². The molecular formula is C27H37N5OS. The van der Waals surface area contributed by atoms with Crippen LogP contribution in [0, 0.1) is 18.3 Å². The predicted molar refractivity (Wildman–Crippen MR) is 144 cm³/mol. The van der Waals surface area contributed by atoms with Crippen molar-refractivity contribution in [1.29, 1.82) is 5.26 Å². The molecule has 4 rings (SSSR count). The normalized spacial score (nSPS) is 14.1. The zero-order chi connectivity index (χ0) is 24.9. The van der Waals surface area contributed by atoms with E-state index < -0.39 is 0 Å². The van der Waals surface area contributed by atoms with Crippen molar-refractivity contribution in [2.24, 2.45) is 0 Å². The quantitative estimate of drug-likeness (QED) is 0.372. The Balaban J connectivity index is 0.000000311. The molecule has 2 aromatic carbocycles. The number of carbonyl (C=O) groups excluding carboxylic acids is 1. The second kappa shape index (κ2) is 14.5. The third-order valence-corrected chi connectivity index (χ3v) is 6.42. The lowest BCUT2D eigenvalue weighted by molar-refractivity contribution is -0.107. The van der Waals surface area contributed by atoms with E-state index >= 15 is 0 Å². The number of fused-ring (bicyclic) bond motifs is 1. The number of aryl methyl sites for hydroxylation is 1. The molecule has 2 N–H and O–H groups in total. The fourth-order valence-corrected chi connectivity index (χ4v) is 4.47. The van der Waals surface area contributed by atoms with Gasteiger partial charge in [0.05, 0.1) is 16.8 Å². The Hall–Kier alpha value is -2.79. The molecule has 1 aliphatic heterocycles. The number of aromatic nitrogens is 1. The lowest BCUT2D eigenvalue weighted by Gasteiger charge is -2.13. The summed E-state index contributed by atoms with van der Waals surface area (Å²) in [5.74, 6) is 0. The number of anilines is 1. The first-order valence-corrected chi connectivity index (χ1v) is 12.7. The molecule has 182 valence electrons. The molecule has 0 aliphatic carbocycles. The van der Waals surface area contributed by atoms with E-state index in [-0.39, 0.29) is 0 Å². The molecule has 0 atom stereocenters. The van der Waals surface area contributed by atoms with E-state index in [1.165, 1.54) is 44.5 Å². The lowest BCUT2D eigenvalue weighted by atomic mass is 10.1. The molecule has 0 amide bonds. The van der Waals surface area contributed by atoms with Gasteiger partial charge < -0.3 is 24.3 Å². The first kappa shape index (κ1) is 27.5. The van der Waals surface area contributed by atoms with E-state index in [2.05, 4.69) is 39.7 Å². The Morgan fingerprint density at radius 2 is 1.82 bits per heavy atom. The van der Waals surface area contributed by atoms with Gasteiger partial charge in [-0.05, 0) is 81.8 Å². The minimum absolute atomic E-state index is 0.422. The zero-order valence-corrected chi connectivity index (χ0v) is 21.8. The third kappa shape index (κ3) is 7.91. The van der Waals surface area contributed by atoms with Gasteiger partial charge in [-0.3, -0.25) is 0 Å². The van der Waals surface area contributed by atoms with Crippen LogP contribution in [0.5, 0.6) is 0 Å². The third-order valence-electron chi connectivity index (χ3n) is 5.60. The molecule has 3 aromatic rings. The average molecular weight is 480 g/mol. The summed E-state index contributed by atoms with van der Waals surface area (Å²) >= 11 is 1.48. The summed E-state index contributed by atoms with van der Waals surface area (Å²) in [6.45, 7) is 11.0. The first-order chi connectivity index (χ1) is 16.5. The number of benzene rings is 2. The SMILES string of the molecule is CC.CN1CCCN(C)CC1.Cc1ccc(NSc2cccc(CC=O)c2)c2[nH]cc(C#N)c12. The van der Waals surface area contributed by atoms with Gasteiger partial charge in [0.2, 0.25) is 0 Å². The Bertz CT molecular complexity index is 1080. The summed E-state index contributed by atoms with van der Waals surface area (Å²) in [6, 6.07) is 14.1. The maximum absolute atomic E-state index is 10.6. The molecule has 0 radical (unpaired) electrons. The number of rotatable bonds is 5. The van der Waals surface area contributed by atoms with Crippen molar-refractivity contribution in [3.63, 3.8) is 0 Å². The van der Waals surface area contributed by atoms with E-state index in [9.17, 15) is 10.1 Å². The minimum atomic E-state index is 0.422. The molecule has 0 saturated carbocycles. The van der Waals surface area contributed by atoms with Gasteiger partial charge >= 0.3 is 0 Å². The van der Waals surface area contributed by atoms with Crippen molar-refractivity contribution in [3.05, 3.63) is 59.3 Å². The number of carbonyl (C=O) groups is 1. The second-order valence-corrected chi connectivity index (χ2v) is 9.06. The van der Waals surface area contributed by atoms with Crippen LogP contribution in [-0.2, 0) is 11.2 Å². The number of aromatic amines is 1. The monoisotopic (exact) mass is 479 g/mol. The van der Waals surface area contributed by atoms with E-state index in [0.717, 1.165) is 38.9 Å². The van der Waals surface area contributed by atoms with Crippen molar-refractivity contribution in [1.82, 2.24) is 14.8 Å². The summed E-state index contributed by atoms with van der Waals surface area (Å²) in [4.78, 5) is 19.6. The van der Waals surface area contributed by atoms with Crippen LogP contribution in [0.1, 0.15) is 37.0 Å². The van der Waals surface area contributed by atoms with Crippen molar-refractivity contribution in [3.8, 4) is 6.07 Å². The van der Waals surface area contributed by atoms with Gasteiger partial charge in [-0.15, -0.1) is 0 Å². The highest BCUT2D eigenvalue weighted by Crippen LogP contribution is 2.31. The van der Waals surface area contributed by atoms with Crippen LogP contribution >= 0.6 is 11.9 Å². The van der Waals surface area contributed by atoms with Crippen molar-refractivity contribution < 1.29 is 4.79 Å². The smallest absolute Gasteiger partial charge is 0.124 e. The number of H-pyrrole nitrogens is 1. The maximum atomic E-state index is 10.6. The average Bonchev–Trinajstić information content (AvgIpc) is 3.21. The number of hydrogen-bond acceptors (Lipinski definition) is 6. The van der Waals surface area contributed by atoms with Crippen LogP contribution in [0.15, 0.2) is 47.5 Å². The van der Waals surface area contributed by atoms with Gasteiger partial charge in [0.1, 0.15) is 12.4 Å². The standard InChI is InChI=1S/C18H15N3OS.C7H16N2.C2H6/c1-12-5-6-16(18-17(12)14(10-19)11-20-18)21-23-15-4-2-3-13(9-15)7-8-22;1-8-4-3-5-9(2)7-6-8;1-2/h2-6,8-9,11,20-21H,7H2,1H3;3-7H2,1-2H3;1-2H3. The van der Waals surface area contributed by atoms with Crippen LogP contribution in [0.3, 0.4) is 0 Å². The molecular weight excluding hydrogens is 442 g/mol. The van der Waals surface area contributed by atoms with Gasteiger partial charge in [0.25, 0.3) is 0 Å². The van der Waals surface area contributed by atoms with Crippen LogP contribution in [-0.4, -0.2) is 61.3 Å². The van der Waals surface area contributed by atoms with Crippen molar-refractivity contribution in [2.45, 2.75) is 38.5 Å². The van der Waals surface area contributed by atoms with Crippen LogP contribution < -0.4 is 4.72 Å². The highest BCUT2D eigenvalue weighted by molar-refractivity contribution is 8.00. The lowest BCUT2D eigenvalue weighted by Crippen LogP contribution is -2.25. The Labute approximate surface area is 208 Å². The topological polar surface area (TPSA) is 75.2 Å². The van der Waals surface area contributed by atoms with Crippen LogP contribution in [0.2, 0.25) is 0 Å². The molecule has 1 saturated heterocycles. The molecule has 34 heavy (non-hydrogen) atoms. The summed E-state index contributed by atoms with van der Waals surface area (Å²) in [7, 11) is 4.39. The molecule has 1 aromatic heterocycles. The molecule has 6 nitrogen and oxygen atoms in total. The van der Waals surface area contributed by atoms with E-state index in [1.807, 2.05) is 57.2 Å². The van der Waals surface area contributed by atoms with Gasteiger partial charge in [0.15, 0.2) is 0 Å². The second-order valence-electron chi connectivity index (χ2n) is 8.18. The fourth-order valence-electron chi connectivity index (χ4n) is 3.72. The molecule has 1 aliphatic rings. The molecule has 1 fully saturated rings. The summed E-state index contributed by atoms with van der Waals surface area (Å²) in [5.41, 5.74) is 4.57. The molecule has 0 unspecified atom stereocenters. The number of likely N-dealkylation sites (N-methyl/N-ethyl adjacent to an activating group) is 2. The number of aldehydes is 1. The number of nitrogens with one attached hydrogen (secondary N) is 2. The van der Waals surface area contributed by atoms with Gasteiger partial charge in [-0.2, -0.15) is 5.26 Å². The Morgan fingerprint density at radius 1 is 1.12 bits per heavy atom. The molecule has 0 spiro atoms. The summed E-state index contributed by atoms with van der Waals surface area (Å²) in [6.07, 6.45) is 4.39. The Kier molecular flexibility index (Phi) is 11.7. The maximum Gasteiger partial charge on any atom is 0.124 e. The highest BCUT2D eigenvalue weighted by Gasteiger charge is 2.10. The zero-order valence-electron chi connectivity index (χ0n) is 21.0. The van der Waals surface area contributed by atoms with Crippen molar-refractivity contribution in [2.75, 3.05) is 45.0 Å². The highest BCUT2D eigenvalue weighted by atomic mass is 32.2. The fraction of sp³-hybridized carbons (Fsp3) is 0.407. The molecule has 0 bridgehead atoms. The van der Waals surface area contributed by atoms with Crippen LogP contribution in [0.4, 0.5) is 5.69 Å². The summed E-state index contributed by atoms with van der Waals surface area (Å²) in [5, 5.41) is 10.2. The number of nitriles is 1.